The third-order valence-electron chi connectivity index (χ3n) is 3.99. The van der Waals surface area contributed by atoms with E-state index in [1.54, 1.807) is 12.1 Å². The highest BCUT2D eigenvalue weighted by Gasteiger charge is 2.30. The predicted octanol–water partition coefficient (Wildman–Crippen LogP) is 2.61. The highest BCUT2D eigenvalue weighted by atomic mass is 32.2. The van der Waals surface area contributed by atoms with Crippen LogP contribution in [0.15, 0.2) is 47.5 Å². The molecule has 0 unspecified atom stereocenters. The number of aromatic amines is 1. The Morgan fingerprint density at radius 2 is 2.04 bits per heavy atom. The molecule has 2 N–H and O–H groups in total. The minimum absolute atomic E-state index is 0.000529. The Balaban J connectivity index is 1.89. The molecule has 2 aromatic heterocycles. The molecule has 0 spiro atoms. The van der Waals surface area contributed by atoms with E-state index in [2.05, 4.69) is 15.4 Å². The maximum Gasteiger partial charge on any atom is 0.252 e. The number of amides is 1. The summed E-state index contributed by atoms with van der Waals surface area (Å²) in [4.78, 5) is 26.9. The van der Waals surface area contributed by atoms with Crippen molar-refractivity contribution >= 4 is 23.5 Å². The summed E-state index contributed by atoms with van der Waals surface area (Å²) in [6, 6.07) is 6.47. The number of anilines is 1. The van der Waals surface area contributed by atoms with Gasteiger partial charge in [0.2, 0.25) is 5.91 Å². The summed E-state index contributed by atoms with van der Waals surface area (Å²) < 4.78 is 28.6. The van der Waals surface area contributed by atoms with Crippen molar-refractivity contribution in [2.45, 2.75) is 5.25 Å². The van der Waals surface area contributed by atoms with Crippen molar-refractivity contribution in [2.75, 3.05) is 11.1 Å². The van der Waals surface area contributed by atoms with Gasteiger partial charge in [-0.15, -0.1) is 11.8 Å². The molecular weight excluding hydrogens is 362 g/mol. The van der Waals surface area contributed by atoms with Gasteiger partial charge in [-0.25, -0.2) is 13.5 Å². The largest absolute Gasteiger partial charge is 0.329 e. The van der Waals surface area contributed by atoms with Crippen LogP contribution in [0.3, 0.4) is 0 Å². The molecule has 0 aliphatic carbocycles. The molecule has 4 rings (SSSR count). The lowest BCUT2D eigenvalue weighted by Gasteiger charge is -2.13. The van der Waals surface area contributed by atoms with Gasteiger partial charge in [-0.1, -0.05) is 6.07 Å². The Bertz CT molecular complexity index is 1060. The molecule has 132 valence electrons. The van der Waals surface area contributed by atoms with E-state index >= 15 is 0 Å². The highest BCUT2D eigenvalue weighted by molar-refractivity contribution is 8.00. The van der Waals surface area contributed by atoms with Crippen LogP contribution in [0.25, 0.3) is 5.69 Å². The number of aromatic nitrogens is 3. The van der Waals surface area contributed by atoms with Crippen LogP contribution in [0.4, 0.5) is 14.6 Å². The van der Waals surface area contributed by atoms with E-state index < -0.39 is 16.9 Å². The van der Waals surface area contributed by atoms with Gasteiger partial charge in [0.25, 0.3) is 5.56 Å². The molecule has 0 radical (unpaired) electrons. The predicted molar refractivity (Wildman–Crippen MR) is 93.5 cm³/mol. The second kappa shape index (κ2) is 6.41. The molecule has 9 heteroatoms. The van der Waals surface area contributed by atoms with Gasteiger partial charge in [0.1, 0.15) is 17.3 Å². The summed E-state index contributed by atoms with van der Waals surface area (Å²) in [5.74, 6) is -1.43. The van der Waals surface area contributed by atoms with Crippen LogP contribution in [0, 0.1) is 11.6 Å². The number of halogens is 2. The number of hydrogen-bond donors (Lipinski definition) is 2. The average molecular weight is 374 g/mol. The van der Waals surface area contributed by atoms with E-state index in [0.717, 1.165) is 12.1 Å². The zero-order chi connectivity index (χ0) is 18.3. The minimum atomic E-state index is -0.809. The van der Waals surface area contributed by atoms with Crippen molar-refractivity contribution in [1.82, 2.24) is 14.8 Å². The smallest absolute Gasteiger partial charge is 0.252 e. The van der Waals surface area contributed by atoms with Crippen LogP contribution in [0.2, 0.25) is 0 Å². The Labute approximate surface area is 150 Å². The van der Waals surface area contributed by atoms with Crippen LogP contribution >= 0.6 is 11.8 Å². The van der Waals surface area contributed by atoms with Gasteiger partial charge in [0.05, 0.1) is 17.2 Å². The molecule has 3 heterocycles. The lowest BCUT2D eigenvalue weighted by molar-refractivity contribution is -0.113. The zero-order valence-electron chi connectivity index (χ0n) is 13.2. The number of hydrogen-bond acceptors (Lipinski definition) is 4. The first-order valence-electron chi connectivity index (χ1n) is 7.67. The van der Waals surface area contributed by atoms with Gasteiger partial charge in [0.15, 0.2) is 5.82 Å². The summed E-state index contributed by atoms with van der Waals surface area (Å²) in [6.45, 7) is 0. The average Bonchev–Trinajstić information content (AvgIpc) is 2.92. The van der Waals surface area contributed by atoms with Crippen LogP contribution in [-0.2, 0) is 4.79 Å². The highest BCUT2D eigenvalue weighted by Crippen LogP contribution is 2.40. The molecule has 1 atom stereocenters. The Morgan fingerprint density at radius 1 is 1.19 bits per heavy atom. The fourth-order valence-electron chi connectivity index (χ4n) is 2.83. The van der Waals surface area contributed by atoms with Crippen molar-refractivity contribution < 1.29 is 13.6 Å². The summed E-state index contributed by atoms with van der Waals surface area (Å²) >= 11 is 1.28. The number of nitrogens with one attached hydrogen (secondary N) is 2. The number of benzene rings is 1. The Kier molecular flexibility index (Phi) is 4.08. The molecule has 0 fully saturated rings. The number of carbonyl (C=O) groups is 1. The third kappa shape index (κ3) is 2.80. The van der Waals surface area contributed by atoms with Crippen LogP contribution in [0.5, 0.6) is 0 Å². The molecule has 1 amide bonds. The number of thioether (sulfide) groups is 1. The van der Waals surface area contributed by atoms with Gasteiger partial charge in [0, 0.05) is 23.4 Å². The first kappa shape index (κ1) is 16.5. The van der Waals surface area contributed by atoms with Crippen molar-refractivity contribution in [3.05, 3.63) is 75.8 Å². The summed E-state index contributed by atoms with van der Waals surface area (Å²) in [5, 5.41) is 6.40. The first-order valence-corrected chi connectivity index (χ1v) is 8.72. The van der Waals surface area contributed by atoms with E-state index in [1.165, 1.54) is 34.9 Å². The maximum atomic E-state index is 14.2. The van der Waals surface area contributed by atoms with E-state index in [0.29, 0.717) is 11.1 Å². The summed E-state index contributed by atoms with van der Waals surface area (Å²) in [5.41, 5.74) is 0.766. The Hall–Kier alpha value is -2.94. The van der Waals surface area contributed by atoms with Crippen molar-refractivity contribution in [3.63, 3.8) is 0 Å². The summed E-state index contributed by atoms with van der Waals surface area (Å²) in [6.07, 6.45) is 3.00. The molecule has 6 nitrogen and oxygen atoms in total. The molecule has 0 saturated heterocycles. The number of nitrogens with zero attached hydrogens (tertiary/aromatic N) is 2. The molecule has 26 heavy (non-hydrogen) atoms. The van der Waals surface area contributed by atoms with Gasteiger partial charge in [-0.3, -0.25) is 9.59 Å². The molecule has 1 aliphatic heterocycles. The van der Waals surface area contributed by atoms with E-state index in [-0.39, 0.29) is 28.7 Å². The van der Waals surface area contributed by atoms with E-state index in [1.807, 2.05) is 0 Å². The van der Waals surface area contributed by atoms with Crippen LogP contribution in [0.1, 0.15) is 16.4 Å². The quantitative estimate of drug-likeness (QED) is 0.723. The van der Waals surface area contributed by atoms with Gasteiger partial charge in [-0.05, 0) is 18.2 Å². The SMILES string of the molecule is O=C1CS[C@@H](c2ccc[nH]c2=O)c2cnn(-c3ccc(F)cc3F)c2N1. The lowest BCUT2D eigenvalue weighted by atomic mass is 10.1. The number of fused-ring (bicyclic) bond motifs is 1. The van der Waals surface area contributed by atoms with Crippen LogP contribution < -0.4 is 10.9 Å². The first-order chi connectivity index (χ1) is 12.5. The van der Waals surface area contributed by atoms with Crippen molar-refractivity contribution in [3.8, 4) is 5.69 Å². The fourth-order valence-corrected chi connectivity index (χ4v) is 3.94. The zero-order valence-corrected chi connectivity index (χ0v) is 14.0. The number of pyridine rings is 1. The lowest BCUT2D eigenvalue weighted by Crippen LogP contribution is -2.16. The monoisotopic (exact) mass is 374 g/mol. The van der Waals surface area contributed by atoms with Gasteiger partial charge >= 0.3 is 0 Å². The number of H-pyrrole nitrogens is 1. The Morgan fingerprint density at radius 3 is 2.81 bits per heavy atom. The summed E-state index contributed by atoms with van der Waals surface area (Å²) in [7, 11) is 0. The molecule has 3 aromatic rings. The number of carbonyl (C=O) groups excluding carboxylic acids is 1. The molecule has 0 saturated carbocycles. The van der Waals surface area contributed by atoms with Crippen LogP contribution in [-0.4, -0.2) is 26.4 Å². The van der Waals surface area contributed by atoms with Crippen molar-refractivity contribution in [1.29, 1.82) is 0 Å². The fraction of sp³-hybridized carbons (Fsp3) is 0.118. The van der Waals surface area contributed by atoms with Gasteiger partial charge in [-0.2, -0.15) is 5.10 Å². The molecule has 1 aliphatic rings. The second-order valence-corrected chi connectivity index (χ2v) is 6.74. The molecule has 0 bridgehead atoms. The standard InChI is InChI=1S/C17H12F2N4O2S/c18-9-3-4-13(12(19)6-9)23-16-11(7-21-23)15(26-8-14(24)22-16)10-2-1-5-20-17(10)25/h1-7,15H,8H2,(H,20,25)(H,22,24)/t15-/m0/s1. The normalized spacial score (nSPS) is 16.7. The maximum absolute atomic E-state index is 14.2. The van der Waals surface area contributed by atoms with E-state index in [9.17, 15) is 18.4 Å². The molecular formula is C17H12F2N4O2S. The minimum Gasteiger partial charge on any atom is -0.329 e. The third-order valence-corrected chi connectivity index (χ3v) is 5.26. The number of rotatable bonds is 2. The molecule has 1 aromatic carbocycles. The van der Waals surface area contributed by atoms with E-state index in [4.69, 9.17) is 0 Å². The van der Waals surface area contributed by atoms with Gasteiger partial charge < -0.3 is 10.3 Å². The topological polar surface area (TPSA) is 79.8 Å². The van der Waals surface area contributed by atoms with Crippen molar-refractivity contribution in [2.24, 2.45) is 0 Å². The second-order valence-electron chi connectivity index (χ2n) is 5.65.